The molecule has 1 aromatic heterocycles. The van der Waals surface area contributed by atoms with Gasteiger partial charge in [-0.2, -0.15) is 0 Å². The molecule has 0 saturated carbocycles. The lowest BCUT2D eigenvalue weighted by molar-refractivity contribution is 0.135. The van der Waals surface area contributed by atoms with Gasteiger partial charge in [0.2, 0.25) is 0 Å². The molecule has 0 bridgehead atoms. The van der Waals surface area contributed by atoms with Crippen molar-refractivity contribution in [2.24, 2.45) is 5.92 Å². The van der Waals surface area contributed by atoms with Crippen LogP contribution in [-0.2, 0) is 6.42 Å². The highest BCUT2D eigenvalue weighted by Crippen LogP contribution is 2.18. The monoisotopic (exact) mass is 184 g/mol. The van der Waals surface area contributed by atoms with Crippen LogP contribution in [0.15, 0.2) is 11.4 Å². The maximum atomic E-state index is 9.29. The van der Waals surface area contributed by atoms with Crippen molar-refractivity contribution in [3.05, 3.63) is 21.9 Å². The minimum Gasteiger partial charge on any atom is -0.393 e. The largest absolute Gasteiger partial charge is 0.393 e. The van der Waals surface area contributed by atoms with Gasteiger partial charge in [-0.05, 0) is 43.2 Å². The lowest BCUT2D eigenvalue weighted by atomic mass is 9.98. The first-order valence-corrected chi connectivity index (χ1v) is 5.19. The number of rotatable bonds is 3. The summed E-state index contributed by atoms with van der Waals surface area (Å²) in [7, 11) is 0. The normalized spacial score (nSPS) is 16.0. The number of hydrogen-bond acceptors (Lipinski definition) is 2. The summed E-state index contributed by atoms with van der Waals surface area (Å²) >= 11 is 1.78. The van der Waals surface area contributed by atoms with Crippen LogP contribution in [0.25, 0.3) is 0 Å². The van der Waals surface area contributed by atoms with E-state index in [0.717, 1.165) is 6.42 Å². The van der Waals surface area contributed by atoms with Gasteiger partial charge in [0.1, 0.15) is 0 Å². The molecule has 0 aromatic carbocycles. The summed E-state index contributed by atoms with van der Waals surface area (Å²) in [5.74, 6) is 0.360. The van der Waals surface area contributed by atoms with E-state index in [2.05, 4.69) is 25.3 Å². The second-order valence-corrected chi connectivity index (χ2v) is 4.60. The molecule has 0 aliphatic carbocycles. The molecule has 1 heterocycles. The first-order chi connectivity index (χ1) is 5.59. The molecule has 12 heavy (non-hydrogen) atoms. The molecule has 0 spiro atoms. The Morgan fingerprint density at radius 3 is 2.58 bits per heavy atom. The summed E-state index contributed by atoms with van der Waals surface area (Å²) in [5, 5.41) is 11.5. The highest BCUT2D eigenvalue weighted by molar-refractivity contribution is 7.10. The Morgan fingerprint density at radius 1 is 1.50 bits per heavy atom. The van der Waals surface area contributed by atoms with E-state index < -0.39 is 0 Å². The van der Waals surface area contributed by atoms with Gasteiger partial charge in [-0.3, -0.25) is 0 Å². The number of aliphatic hydroxyl groups excluding tert-OH is 1. The zero-order valence-electron chi connectivity index (χ0n) is 7.87. The summed E-state index contributed by atoms with van der Waals surface area (Å²) in [5.41, 5.74) is 1.35. The predicted octanol–water partition coefficient (Wildman–Crippen LogP) is 2.62. The Bertz CT molecular complexity index is 240. The van der Waals surface area contributed by atoms with Crippen LogP contribution >= 0.6 is 11.3 Å². The summed E-state index contributed by atoms with van der Waals surface area (Å²) in [4.78, 5) is 1.35. The van der Waals surface area contributed by atoms with Crippen molar-refractivity contribution in [2.75, 3.05) is 0 Å². The average Bonchev–Trinajstić information content (AvgIpc) is 2.35. The lowest BCUT2D eigenvalue weighted by Crippen LogP contribution is -2.14. The summed E-state index contributed by atoms with van der Waals surface area (Å²) in [6.45, 7) is 6.04. The fourth-order valence-corrected chi connectivity index (χ4v) is 1.87. The van der Waals surface area contributed by atoms with E-state index in [0.29, 0.717) is 5.92 Å². The first kappa shape index (κ1) is 9.75. The highest BCUT2D eigenvalue weighted by atomic mass is 32.1. The molecule has 0 amide bonds. The Labute approximate surface area is 78.1 Å². The zero-order chi connectivity index (χ0) is 9.14. The maximum absolute atomic E-state index is 9.29. The van der Waals surface area contributed by atoms with E-state index in [9.17, 15) is 5.11 Å². The third kappa shape index (κ3) is 2.61. The summed E-state index contributed by atoms with van der Waals surface area (Å²) in [6.07, 6.45) is 0.785. The molecule has 0 radical (unpaired) electrons. The van der Waals surface area contributed by atoms with Gasteiger partial charge in [0.25, 0.3) is 0 Å². The van der Waals surface area contributed by atoms with Crippen molar-refractivity contribution in [1.82, 2.24) is 0 Å². The van der Waals surface area contributed by atoms with E-state index in [1.165, 1.54) is 10.4 Å². The van der Waals surface area contributed by atoms with Crippen molar-refractivity contribution >= 4 is 11.3 Å². The van der Waals surface area contributed by atoms with Crippen molar-refractivity contribution < 1.29 is 5.11 Å². The molecule has 1 N–H and O–H groups in total. The minimum absolute atomic E-state index is 0.204. The van der Waals surface area contributed by atoms with Crippen molar-refractivity contribution in [3.8, 4) is 0 Å². The SMILES string of the molecule is Cc1cc(CC(C)C(C)O)cs1. The van der Waals surface area contributed by atoms with E-state index in [4.69, 9.17) is 0 Å². The average molecular weight is 184 g/mol. The first-order valence-electron chi connectivity index (χ1n) is 4.31. The standard InChI is InChI=1S/C10H16OS/c1-7(9(3)11)4-10-5-8(2)12-6-10/h5-7,9,11H,4H2,1-3H3. The van der Waals surface area contributed by atoms with Crippen molar-refractivity contribution in [1.29, 1.82) is 0 Å². The number of hydrogen-bond donors (Lipinski definition) is 1. The van der Waals surface area contributed by atoms with Gasteiger partial charge in [-0.25, -0.2) is 0 Å². The molecular weight excluding hydrogens is 168 g/mol. The van der Waals surface area contributed by atoms with Crippen LogP contribution in [0.4, 0.5) is 0 Å². The van der Waals surface area contributed by atoms with Crippen LogP contribution in [0.5, 0.6) is 0 Å². The van der Waals surface area contributed by atoms with Crippen LogP contribution in [0.1, 0.15) is 24.3 Å². The van der Waals surface area contributed by atoms with Gasteiger partial charge in [0.15, 0.2) is 0 Å². The molecule has 2 heteroatoms. The van der Waals surface area contributed by atoms with E-state index in [-0.39, 0.29) is 6.10 Å². The summed E-state index contributed by atoms with van der Waals surface area (Å²) < 4.78 is 0. The fraction of sp³-hybridized carbons (Fsp3) is 0.600. The number of aryl methyl sites for hydroxylation is 1. The predicted molar refractivity (Wildman–Crippen MR) is 53.6 cm³/mol. The molecule has 1 aromatic rings. The van der Waals surface area contributed by atoms with Gasteiger partial charge < -0.3 is 5.11 Å². The van der Waals surface area contributed by atoms with Crippen molar-refractivity contribution in [2.45, 2.75) is 33.3 Å². The Hall–Kier alpha value is -0.340. The third-order valence-corrected chi connectivity index (χ3v) is 3.08. The molecular formula is C10H16OS. The Kier molecular flexibility index (Phi) is 3.29. The summed E-state index contributed by atoms with van der Waals surface area (Å²) in [6, 6.07) is 2.20. The van der Waals surface area contributed by atoms with Gasteiger partial charge in [0.05, 0.1) is 6.10 Å². The topological polar surface area (TPSA) is 20.2 Å². The van der Waals surface area contributed by atoms with Crippen LogP contribution in [0.3, 0.4) is 0 Å². The van der Waals surface area contributed by atoms with Crippen LogP contribution in [0.2, 0.25) is 0 Å². The van der Waals surface area contributed by atoms with E-state index >= 15 is 0 Å². The minimum atomic E-state index is -0.204. The molecule has 0 fully saturated rings. The smallest absolute Gasteiger partial charge is 0.0540 e. The quantitative estimate of drug-likeness (QED) is 0.765. The molecule has 0 aliphatic rings. The number of thiophene rings is 1. The highest BCUT2D eigenvalue weighted by Gasteiger charge is 2.09. The van der Waals surface area contributed by atoms with E-state index in [1.807, 2.05) is 6.92 Å². The van der Waals surface area contributed by atoms with Gasteiger partial charge >= 0.3 is 0 Å². The van der Waals surface area contributed by atoms with Gasteiger partial charge in [-0.1, -0.05) is 6.92 Å². The third-order valence-electron chi connectivity index (χ3n) is 2.17. The second kappa shape index (κ2) is 4.06. The van der Waals surface area contributed by atoms with Gasteiger partial charge in [0, 0.05) is 4.88 Å². The number of aliphatic hydroxyl groups is 1. The van der Waals surface area contributed by atoms with Crippen LogP contribution < -0.4 is 0 Å². The second-order valence-electron chi connectivity index (χ2n) is 3.49. The zero-order valence-corrected chi connectivity index (χ0v) is 8.69. The molecule has 1 rings (SSSR count). The van der Waals surface area contributed by atoms with Gasteiger partial charge in [-0.15, -0.1) is 11.3 Å². The lowest BCUT2D eigenvalue weighted by Gasteiger charge is -2.12. The molecule has 2 unspecified atom stereocenters. The van der Waals surface area contributed by atoms with E-state index in [1.54, 1.807) is 11.3 Å². The maximum Gasteiger partial charge on any atom is 0.0540 e. The van der Waals surface area contributed by atoms with Crippen LogP contribution in [0, 0.1) is 12.8 Å². The molecule has 0 saturated heterocycles. The molecule has 68 valence electrons. The Balaban J connectivity index is 2.52. The fourth-order valence-electron chi connectivity index (χ4n) is 1.15. The van der Waals surface area contributed by atoms with Crippen LogP contribution in [-0.4, -0.2) is 11.2 Å². The molecule has 2 atom stereocenters. The Morgan fingerprint density at radius 2 is 2.17 bits per heavy atom. The van der Waals surface area contributed by atoms with Crippen molar-refractivity contribution in [3.63, 3.8) is 0 Å². The molecule has 0 aliphatic heterocycles. The molecule has 1 nitrogen and oxygen atoms in total.